The molecule has 0 aromatic carbocycles. The van der Waals surface area contributed by atoms with Gasteiger partial charge in [0.05, 0.1) is 0 Å². The van der Waals surface area contributed by atoms with Crippen LogP contribution in [-0.2, 0) is 9.59 Å². The van der Waals surface area contributed by atoms with Crippen molar-refractivity contribution in [2.75, 3.05) is 0 Å². The molecule has 4 nitrogen and oxygen atoms in total. The van der Waals surface area contributed by atoms with Gasteiger partial charge in [-0.25, -0.2) is 4.79 Å². The van der Waals surface area contributed by atoms with Gasteiger partial charge < -0.3 is 10.0 Å². The molecule has 0 aliphatic carbocycles. The van der Waals surface area contributed by atoms with Crippen LogP contribution in [0.1, 0.15) is 47.5 Å². The second-order valence-electron chi connectivity index (χ2n) is 4.03. The average Bonchev–Trinajstić information content (AvgIpc) is 2.11. The zero-order valence-electron chi connectivity index (χ0n) is 10.2. The quantitative estimate of drug-likeness (QED) is 0.761. The summed E-state index contributed by atoms with van der Waals surface area (Å²) in [6, 6.07) is -0.0986. The summed E-state index contributed by atoms with van der Waals surface area (Å²) in [7, 11) is 0. The highest BCUT2D eigenvalue weighted by atomic mass is 16.4. The van der Waals surface area contributed by atoms with E-state index in [1.54, 1.807) is 13.8 Å². The molecule has 0 heterocycles. The van der Waals surface area contributed by atoms with Crippen molar-refractivity contribution in [3.63, 3.8) is 0 Å². The topological polar surface area (TPSA) is 57.6 Å². The lowest BCUT2D eigenvalue weighted by Crippen LogP contribution is -2.58. The van der Waals surface area contributed by atoms with Crippen LogP contribution in [0.25, 0.3) is 0 Å². The molecule has 1 amide bonds. The Labute approximate surface area is 91.3 Å². The molecule has 0 bridgehead atoms. The Morgan fingerprint density at radius 1 is 1.27 bits per heavy atom. The molecule has 0 fully saturated rings. The van der Waals surface area contributed by atoms with E-state index in [-0.39, 0.29) is 11.9 Å². The zero-order chi connectivity index (χ0) is 12.2. The Kier molecular flexibility index (Phi) is 4.78. The Hall–Kier alpha value is -1.06. The first kappa shape index (κ1) is 13.9. The first-order valence-corrected chi connectivity index (χ1v) is 5.36. The van der Waals surface area contributed by atoms with Gasteiger partial charge in [0.1, 0.15) is 5.54 Å². The van der Waals surface area contributed by atoms with Gasteiger partial charge in [0.15, 0.2) is 0 Å². The number of nitrogens with zero attached hydrogens (tertiary/aromatic N) is 1. The third kappa shape index (κ3) is 2.49. The lowest BCUT2D eigenvalue weighted by molar-refractivity contribution is -0.161. The van der Waals surface area contributed by atoms with Crippen LogP contribution in [0.15, 0.2) is 0 Å². The van der Waals surface area contributed by atoms with Gasteiger partial charge in [-0.2, -0.15) is 0 Å². The maximum absolute atomic E-state index is 11.5. The minimum atomic E-state index is -1.06. The first-order chi connectivity index (χ1) is 6.83. The predicted molar refractivity (Wildman–Crippen MR) is 58.6 cm³/mol. The van der Waals surface area contributed by atoms with Crippen LogP contribution in [-0.4, -0.2) is 33.5 Å². The van der Waals surface area contributed by atoms with Crippen molar-refractivity contribution in [1.82, 2.24) is 4.90 Å². The van der Waals surface area contributed by atoms with Crippen molar-refractivity contribution in [2.24, 2.45) is 0 Å². The fourth-order valence-electron chi connectivity index (χ4n) is 2.16. The van der Waals surface area contributed by atoms with E-state index in [0.29, 0.717) is 12.8 Å². The average molecular weight is 215 g/mol. The summed E-state index contributed by atoms with van der Waals surface area (Å²) in [5.41, 5.74) is -1.06. The Morgan fingerprint density at radius 2 is 1.67 bits per heavy atom. The van der Waals surface area contributed by atoms with Crippen LogP contribution in [0.3, 0.4) is 0 Å². The number of carboxylic acids is 1. The SMILES string of the molecule is CCC(CC)(C(=O)O)N(C(C)=O)C(C)C. The molecule has 0 unspecified atom stereocenters. The Bertz CT molecular complexity index is 244. The molecule has 0 spiro atoms. The van der Waals surface area contributed by atoms with E-state index < -0.39 is 11.5 Å². The van der Waals surface area contributed by atoms with Gasteiger partial charge in [0, 0.05) is 13.0 Å². The largest absolute Gasteiger partial charge is 0.479 e. The van der Waals surface area contributed by atoms with Gasteiger partial charge in [-0.05, 0) is 26.7 Å². The zero-order valence-corrected chi connectivity index (χ0v) is 10.2. The van der Waals surface area contributed by atoms with Gasteiger partial charge in [-0.1, -0.05) is 13.8 Å². The number of rotatable bonds is 5. The normalized spacial score (nSPS) is 11.6. The second kappa shape index (κ2) is 5.14. The fourth-order valence-corrected chi connectivity index (χ4v) is 2.16. The molecule has 1 N–H and O–H groups in total. The van der Waals surface area contributed by atoms with Crippen molar-refractivity contribution in [1.29, 1.82) is 0 Å². The maximum atomic E-state index is 11.5. The smallest absolute Gasteiger partial charge is 0.329 e. The number of hydrogen-bond acceptors (Lipinski definition) is 2. The monoisotopic (exact) mass is 215 g/mol. The van der Waals surface area contributed by atoms with Crippen molar-refractivity contribution in [2.45, 2.75) is 59.0 Å². The van der Waals surface area contributed by atoms with Gasteiger partial charge in [0.25, 0.3) is 0 Å². The molecule has 0 atom stereocenters. The summed E-state index contributed by atoms with van der Waals surface area (Å²) in [4.78, 5) is 24.3. The summed E-state index contributed by atoms with van der Waals surface area (Å²) < 4.78 is 0. The molecule has 0 saturated carbocycles. The number of hydrogen-bond donors (Lipinski definition) is 1. The van der Waals surface area contributed by atoms with Crippen molar-refractivity contribution in [3.8, 4) is 0 Å². The van der Waals surface area contributed by atoms with Crippen molar-refractivity contribution >= 4 is 11.9 Å². The number of aliphatic carboxylic acids is 1. The maximum Gasteiger partial charge on any atom is 0.329 e. The highest BCUT2D eigenvalue weighted by Crippen LogP contribution is 2.26. The summed E-state index contributed by atoms with van der Waals surface area (Å²) in [5.74, 6) is -1.10. The number of amides is 1. The van der Waals surface area contributed by atoms with Crippen LogP contribution in [0, 0.1) is 0 Å². The standard InChI is InChI=1S/C11H21NO3/c1-6-11(7-2,10(14)15)12(8(3)4)9(5)13/h8H,6-7H2,1-5H3,(H,14,15). The molecule has 0 aromatic heterocycles. The highest BCUT2D eigenvalue weighted by molar-refractivity contribution is 5.86. The van der Waals surface area contributed by atoms with E-state index in [9.17, 15) is 14.7 Å². The van der Waals surface area contributed by atoms with E-state index >= 15 is 0 Å². The Morgan fingerprint density at radius 3 is 1.73 bits per heavy atom. The van der Waals surface area contributed by atoms with Crippen molar-refractivity contribution < 1.29 is 14.7 Å². The number of carbonyl (C=O) groups excluding carboxylic acids is 1. The molecular weight excluding hydrogens is 194 g/mol. The predicted octanol–water partition coefficient (Wildman–Crippen LogP) is 1.89. The number of carboxylic acid groups (broad SMARTS) is 1. The summed E-state index contributed by atoms with van der Waals surface area (Å²) >= 11 is 0. The highest BCUT2D eigenvalue weighted by Gasteiger charge is 2.43. The summed E-state index contributed by atoms with van der Waals surface area (Å²) in [5, 5.41) is 9.30. The molecule has 0 saturated heterocycles. The lowest BCUT2D eigenvalue weighted by Gasteiger charge is -2.41. The van der Waals surface area contributed by atoms with Crippen LogP contribution < -0.4 is 0 Å². The third-order valence-corrected chi connectivity index (χ3v) is 2.88. The molecule has 0 rings (SSSR count). The van der Waals surface area contributed by atoms with E-state index in [0.717, 1.165) is 0 Å². The second-order valence-corrected chi connectivity index (χ2v) is 4.03. The first-order valence-electron chi connectivity index (χ1n) is 5.36. The van der Waals surface area contributed by atoms with Gasteiger partial charge >= 0.3 is 5.97 Å². The molecule has 88 valence electrons. The summed E-state index contributed by atoms with van der Waals surface area (Å²) in [6.45, 7) is 8.70. The van der Waals surface area contributed by atoms with Crippen LogP contribution in [0.2, 0.25) is 0 Å². The van der Waals surface area contributed by atoms with E-state index in [1.807, 2.05) is 13.8 Å². The van der Waals surface area contributed by atoms with Crippen molar-refractivity contribution in [3.05, 3.63) is 0 Å². The minimum absolute atomic E-state index is 0.0986. The molecule has 15 heavy (non-hydrogen) atoms. The minimum Gasteiger partial charge on any atom is -0.479 e. The van der Waals surface area contributed by atoms with Crippen LogP contribution in [0.4, 0.5) is 0 Å². The molecule has 0 aliphatic heterocycles. The van der Waals surface area contributed by atoms with E-state index in [1.165, 1.54) is 11.8 Å². The molecule has 0 radical (unpaired) electrons. The Balaban J connectivity index is 5.36. The lowest BCUT2D eigenvalue weighted by atomic mass is 9.89. The van der Waals surface area contributed by atoms with Gasteiger partial charge in [0.2, 0.25) is 5.91 Å². The third-order valence-electron chi connectivity index (χ3n) is 2.88. The van der Waals surface area contributed by atoms with Gasteiger partial charge in [-0.3, -0.25) is 4.79 Å². The van der Waals surface area contributed by atoms with E-state index in [4.69, 9.17) is 0 Å². The molecular formula is C11H21NO3. The molecule has 4 heteroatoms. The number of carbonyl (C=O) groups is 2. The fraction of sp³-hybridized carbons (Fsp3) is 0.818. The summed E-state index contributed by atoms with van der Waals surface area (Å²) in [6.07, 6.45) is 0.854. The van der Waals surface area contributed by atoms with Crippen LogP contribution >= 0.6 is 0 Å². The van der Waals surface area contributed by atoms with Crippen LogP contribution in [0.5, 0.6) is 0 Å². The van der Waals surface area contributed by atoms with E-state index in [2.05, 4.69) is 0 Å². The molecule has 0 aliphatic rings. The van der Waals surface area contributed by atoms with Gasteiger partial charge in [-0.15, -0.1) is 0 Å². The molecule has 0 aromatic rings.